The first-order valence-electron chi connectivity index (χ1n) is 10.3. The van der Waals surface area contributed by atoms with Gasteiger partial charge >= 0.3 is 0 Å². The van der Waals surface area contributed by atoms with Crippen molar-refractivity contribution in [3.63, 3.8) is 0 Å². The summed E-state index contributed by atoms with van der Waals surface area (Å²) < 4.78 is 27.1. The van der Waals surface area contributed by atoms with Crippen molar-refractivity contribution in [3.8, 4) is 0 Å². The number of carbonyl (C=O) groups excluding carboxylic acids is 1. The highest BCUT2D eigenvalue weighted by Crippen LogP contribution is 2.20. The lowest BCUT2D eigenvalue weighted by molar-refractivity contribution is -0.129. The Morgan fingerprint density at radius 3 is 2.13 bits per heavy atom. The highest BCUT2D eigenvalue weighted by molar-refractivity contribution is 7.99. The number of piperazine rings is 1. The lowest BCUT2D eigenvalue weighted by atomic mass is 10.0. The Labute approximate surface area is 184 Å². The zero-order chi connectivity index (χ0) is 21.7. The number of sulfonamides is 1. The third-order valence-electron chi connectivity index (χ3n) is 5.39. The number of nitrogens with zero attached hydrogens (tertiary/aromatic N) is 2. The van der Waals surface area contributed by atoms with Crippen molar-refractivity contribution in [1.82, 2.24) is 9.21 Å². The number of thioether (sulfide) groups is 1. The summed E-state index contributed by atoms with van der Waals surface area (Å²) in [7, 11) is -3.50. The average molecular weight is 447 g/mol. The summed E-state index contributed by atoms with van der Waals surface area (Å²) in [5, 5.41) is 0. The first-order valence-corrected chi connectivity index (χ1v) is 12.9. The van der Waals surface area contributed by atoms with E-state index in [9.17, 15) is 13.2 Å². The minimum atomic E-state index is -3.50. The van der Waals surface area contributed by atoms with Crippen LogP contribution in [0, 0.1) is 6.92 Å². The number of hydrogen-bond donors (Lipinski definition) is 0. The van der Waals surface area contributed by atoms with Crippen LogP contribution in [-0.2, 0) is 20.6 Å². The maximum atomic E-state index is 12.8. The monoisotopic (exact) mass is 446 g/mol. The third kappa shape index (κ3) is 5.65. The Hall–Kier alpha value is -1.83. The SMILES string of the molecule is Cc1ccc(S(=O)(=O)N2CCN(C(=O)CSCc3ccc(C(C)C)cc3)CC2)cc1. The number of amides is 1. The lowest BCUT2D eigenvalue weighted by Crippen LogP contribution is -2.50. The topological polar surface area (TPSA) is 57.7 Å². The van der Waals surface area contributed by atoms with Gasteiger partial charge in [0.2, 0.25) is 15.9 Å². The Kier molecular flexibility index (Phi) is 7.60. The summed E-state index contributed by atoms with van der Waals surface area (Å²) in [4.78, 5) is 14.6. The van der Waals surface area contributed by atoms with E-state index in [4.69, 9.17) is 0 Å². The summed E-state index contributed by atoms with van der Waals surface area (Å²) in [5.74, 6) is 1.80. The Morgan fingerprint density at radius 2 is 1.57 bits per heavy atom. The van der Waals surface area contributed by atoms with Gasteiger partial charge in [-0.15, -0.1) is 11.8 Å². The lowest BCUT2D eigenvalue weighted by Gasteiger charge is -2.34. The molecule has 0 N–H and O–H groups in total. The molecule has 0 aromatic heterocycles. The molecule has 2 aromatic carbocycles. The molecule has 162 valence electrons. The Balaban J connectivity index is 1.46. The van der Waals surface area contributed by atoms with Crippen molar-refractivity contribution in [3.05, 3.63) is 65.2 Å². The molecule has 0 aliphatic carbocycles. The Morgan fingerprint density at radius 1 is 0.967 bits per heavy atom. The fourth-order valence-corrected chi connectivity index (χ4v) is 5.69. The molecule has 3 rings (SSSR count). The van der Waals surface area contributed by atoms with Crippen LogP contribution in [0.25, 0.3) is 0 Å². The van der Waals surface area contributed by atoms with Crippen molar-refractivity contribution in [1.29, 1.82) is 0 Å². The standard InChI is InChI=1S/C23H30N2O3S2/c1-18(2)21-8-6-20(7-9-21)16-29-17-23(26)24-12-14-25(15-13-24)30(27,28)22-10-4-19(3)5-11-22/h4-11,18H,12-17H2,1-3H3. The summed E-state index contributed by atoms with van der Waals surface area (Å²) in [5.41, 5.74) is 3.56. The van der Waals surface area contributed by atoms with Crippen molar-refractivity contribution in [2.75, 3.05) is 31.9 Å². The molecule has 0 atom stereocenters. The van der Waals surface area contributed by atoms with E-state index in [1.165, 1.54) is 15.4 Å². The largest absolute Gasteiger partial charge is 0.339 e. The molecule has 0 bridgehead atoms. The summed E-state index contributed by atoms with van der Waals surface area (Å²) in [6.45, 7) is 7.83. The van der Waals surface area contributed by atoms with E-state index < -0.39 is 10.0 Å². The van der Waals surface area contributed by atoms with Crippen LogP contribution in [-0.4, -0.2) is 55.5 Å². The normalized spacial score (nSPS) is 15.5. The van der Waals surface area contributed by atoms with E-state index in [0.29, 0.717) is 42.7 Å². The number of carbonyl (C=O) groups is 1. The summed E-state index contributed by atoms with van der Waals surface area (Å²) in [6, 6.07) is 15.5. The van der Waals surface area contributed by atoms with Gasteiger partial charge in [0.05, 0.1) is 10.6 Å². The predicted octanol–water partition coefficient (Wildman–Crippen LogP) is 3.88. The van der Waals surface area contributed by atoms with Gasteiger partial charge in [-0.2, -0.15) is 4.31 Å². The highest BCUT2D eigenvalue weighted by atomic mass is 32.2. The van der Waals surface area contributed by atoms with Gasteiger partial charge in [0, 0.05) is 31.9 Å². The summed E-state index contributed by atoms with van der Waals surface area (Å²) >= 11 is 1.60. The van der Waals surface area contributed by atoms with Crippen molar-refractivity contribution in [2.24, 2.45) is 0 Å². The van der Waals surface area contributed by atoms with Crippen LogP contribution in [0.1, 0.15) is 36.5 Å². The molecule has 1 amide bonds. The molecule has 0 radical (unpaired) electrons. The number of hydrogen-bond acceptors (Lipinski definition) is 4. The molecule has 0 spiro atoms. The van der Waals surface area contributed by atoms with Gasteiger partial charge in [-0.3, -0.25) is 4.79 Å². The van der Waals surface area contributed by atoms with E-state index in [-0.39, 0.29) is 5.91 Å². The van der Waals surface area contributed by atoms with Crippen molar-refractivity contribution in [2.45, 2.75) is 37.3 Å². The van der Waals surface area contributed by atoms with Crippen LogP contribution in [0.3, 0.4) is 0 Å². The summed E-state index contributed by atoms with van der Waals surface area (Å²) in [6.07, 6.45) is 0. The number of rotatable bonds is 7. The molecule has 2 aromatic rings. The molecule has 1 aliphatic rings. The van der Waals surface area contributed by atoms with Gasteiger partial charge in [-0.05, 0) is 36.1 Å². The molecule has 5 nitrogen and oxygen atoms in total. The zero-order valence-corrected chi connectivity index (χ0v) is 19.5. The number of benzene rings is 2. The molecule has 1 aliphatic heterocycles. The van der Waals surface area contributed by atoms with Crippen molar-refractivity contribution >= 4 is 27.7 Å². The third-order valence-corrected chi connectivity index (χ3v) is 8.29. The minimum Gasteiger partial charge on any atom is -0.339 e. The van der Waals surface area contributed by atoms with Crippen LogP contribution >= 0.6 is 11.8 Å². The van der Waals surface area contributed by atoms with Crippen LogP contribution in [0.15, 0.2) is 53.4 Å². The van der Waals surface area contributed by atoms with Gasteiger partial charge < -0.3 is 4.90 Å². The fourth-order valence-electron chi connectivity index (χ4n) is 3.38. The second-order valence-corrected chi connectivity index (χ2v) is 10.9. The van der Waals surface area contributed by atoms with Crippen LogP contribution < -0.4 is 0 Å². The van der Waals surface area contributed by atoms with E-state index in [1.54, 1.807) is 40.9 Å². The van der Waals surface area contributed by atoms with Crippen LogP contribution in [0.2, 0.25) is 0 Å². The maximum absolute atomic E-state index is 12.8. The molecular weight excluding hydrogens is 416 g/mol. The van der Waals surface area contributed by atoms with Gasteiger partial charge in [0.1, 0.15) is 0 Å². The first kappa shape index (κ1) is 22.8. The van der Waals surface area contributed by atoms with Crippen molar-refractivity contribution < 1.29 is 13.2 Å². The molecule has 0 saturated carbocycles. The first-order chi connectivity index (χ1) is 14.3. The van der Waals surface area contributed by atoms with E-state index in [1.807, 2.05) is 6.92 Å². The fraction of sp³-hybridized carbons (Fsp3) is 0.435. The molecule has 1 heterocycles. The van der Waals surface area contributed by atoms with Gasteiger partial charge in [0.25, 0.3) is 0 Å². The Bertz CT molecular complexity index is 947. The van der Waals surface area contributed by atoms with E-state index in [0.717, 1.165) is 11.3 Å². The second kappa shape index (κ2) is 9.98. The maximum Gasteiger partial charge on any atom is 0.243 e. The van der Waals surface area contributed by atoms with Gasteiger partial charge in [0.15, 0.2) is 0 Å². The van der Waals surface area contributed by atoms with E-state index >= 15 is 0 Å². The second-order valence-electron chi connectivity index (χ2n) is 7.99. The van der Waals surface area contributed by atoms with Gasteiger partial charge in [-0.25, -0.2) is 8.42 Å². The minimum absolute atomic E-state index is 0.0752. The predicted molar refractivity (Wildman–Crippen MR) is 123 cm³/mol. The zero-order valence-electron chi connectivity index (χ0n) is 17.9. The molecular formula is C23H30N2O3S2. The quantitative estimate of drug-likeness (QED) is 0.648. The van der Waals surface area contributed by atoms with Crippen LogP contribution in [0.5, 0.6) is 0 Å². The molecule has 7 heteroatoms. The molecule has 30 heavy (non-hydrogen) atoms. The van der Waals surface area contributed by atoms with Crippen LogP contribution in [0.4, 0.5) is 0 Å². The molecule has 0 unspecified atom stereocenters. The highest BCUT2D eigenvalue weighted by Gasteiger charge is 2.29. The molecule has 1 fully saturated rings. The smallest absolute Gasteiger partial charge is 0.243 e. The number of aryl methyl sites for hydroxylation is 1. The van der Waals surface area contributed by atoms with E-state index in [2.05, 4.69) is 38.1 Å². The average Bonchev–Trinajstić information content (AvgIpc) is 2.74. The van der Waals surface area contributed by atoms with Gasteiger partial charge in [-0.1, -0.05) is 55.8 Å². The molecule has 1 saturated heterocycles.